The number of aryl methyl sites for hydroxylation is 4. The molecular weight excluding hydrogens is 304 g/mol. The minimum absolute atomic E-state index is 1.29. The highest BCUT2D eigenvalue weighted by molar-refractivity contribution is 6.18. The lowest BCUT2D eigenvalue weighted by Crippen LogP contribution is -1.91. The Kier molecular flexibility index (Phi) is 2.72. The van der Waals surface area contributed by atoms with Crippen LogP contribution >= 0.6 is 0 Å². The van der Waals surface area contributed by atoms with Crippen molar-refractivity contribution in [2.24, 2.45) is 14.1 Å². The van der Waals surface area contributed by atoms with E-state index in [9.17, 15) is 0 Å². The quantitative estimate of drug-likeness (QED) is 0.335. The zero-order chi connectivity index (χ0) is 17.5. The first kappa shape index (κ1) is 14.6. The van der Waals surface area contributed by atoms with Gasteiger partial charge in [0.15, 0.2) is 0 Å². The standard InChI is InChI=1S/C23H22N2/c1-13-10-22-23(15(3)14(13)2)18-11-17-16-8-6-7-9-19(16)24(4)20(17)12-21(18)25(22)5/h6-12H,1-5H3. The van der Waals surface area contributed by atoms with Crippen LogP contribution in [0.4, 0.5) is 0 Å². The maximum Gasteiger partial charge on any atom is 0.0510 e. The molecule has 3 aromatic carbocycles. The molecule has 0 fully saturated rings. The molecule has 0 atom stereocenters. The smallest absolute Gasteiger partial charge is 0.0510 e. The highest BCUT2D eigenvalue weighted by Gasteiger charge is 2.16. The van der Waals surface area contributed by atoms with Gasteiger partial charge in [0.25, 0.3) is 0 Å². The van der Waals surface area contributed by atoms with Crippen LogP contribution in [0, 0.1) is 20.8 Å². The normalized spacial score (nSPS) is 12.2. The number of hydrogen-bond donors (Lipinski definition) is 0. The van der Waals surface area contributed by atoms with Crippen molar-refractivity contribution in [1.29, 1.82) is 0 Å². The number of nitrogens with zero attached hydrogens (tertiary/aromatic N) is 2. The van der Waals surface area contributed by atoms with Crippen molar-refractivity contribution >= 4 is 43.6 Å². The van der Waals surface area contributed by atoms with E-state index < -0.39 is 0 Å². The van der Waals surface area contributed by atoms with Crippen molar-refractivity contribution in [3.05, 3.63) is 59.2 Å². The molecule has 124 valence electrons. The van der Waals surface area contributed by atoms with Crippen molar-refractivity contribution in [2.45, 2.75) is 20.8 Å². The third-order valence-electron chi connectivity index (χ3n) is 6.16. The summed E-state index contributed by atoms with van der Waals surface area (Å²) >= 11 is 0. The molecule has 0 bridgehead atoms. The summed E-state index contributed by atoms with van der Waals surface area (Å²) in [5.41, 5.74) is 9.40. The lowest BCUT2D eigenvalue weighted by Gasteiger charge is -2.07. The topological polar surface area (TPSA) is 9.86 Å². The lowest BCUT2D eigenvalue weighted by atomic mass is 9.98. The van der Waals surface area contributed by atoms with Crippen LogP contribution in [0.15, 0.2) is 42.5 Å². The molecular formula is C23H22N2. The molecule has 5 aromatic rings. The molecule has 0 saturated heterocycles. The van der Waals surface area contributed by atoms with Gasteiger partial charge in [-0.25, -0.2) is 0 Å². The van der Waals surface area contributed by atoms with Crippen molar-refractivity contribution in [2.75, 3.05) is 0 Å². The highest BCUT2D eigenvalue weighted by atomic mass is 15.0. The van der Waals surface area contributed by atoms with Crippen LogP contribution in [0.2, 0.25) is 0 Å². The van der Waals surface area contributed by atoms with Crippen LogP contribution in [-0.2, 0) is 14.1 Å². The Hall–Kier alpha value is -2.74. The van der Waals surface area contributed by atoms with E-state index >= 15 is 0 Å². The highest BCUT2D eigenvalue weighted by Crippen LogP contribution is 2.38. The summed E-state index contributed by atoms with van der Waals surface area (Å²) in [4.78, 5) is 0. The fourth-order valence-corrected chi connectivity index (χ4v) is 4.47. The first-order valence-corrected chi connectivity index (χ1v) is 8.85. The molecule has 2 heterocycles. The summed E-state index contributed by atoms with van der Waals surface area (Å²) in [6.07, 6.45) is 0. The van der Waals surface area contributed by atoms with Gasteiger partial charge in [0.2, 0.25) is 0 Å². The van der Waals surface area contributed by atoms with Crippen molar-refractivity contribution in [1.82, 2.24) is 9.13 Å². The Bertz CT molecular complexity index is 1330. The van der Waals surface area contributed by atoms with Gasteiger partial charge in [0.1, 0.15) is 0 Å². The van der Waals surface area contributed by atoms with Gasteiger partial charge < -0.3 is 9.13 Å². The first-order chi connectivity index (χ1) is 12.0. The number of fused-ring (bicyclic) bond motifs is 6. The Morgan fingerprint density at radius 3 is 2.08 bits per heavy atom. The molecule has 0 saturated carbocycles. The van der Waals surface area contributed by atoms with Crippen LogP contribution in [0.5, 0.6) is 0 Å². The maximum atomic E-state index is 2.40. The van der Waals surface area contributed by atoms with E-state index in [-0.39, 0.29) is 0 Å². The van der Waals surface area contributed by atoms with Gasteiger partial charge in [0, 0.05) is 46.7 Å². The predicted octanol–water partition coefficient (Wildman–Crippen LogP) is 5.90. The second kappa shape index (κ2) is 4.66. The maximum absolute atomic E-state index is 2.40. The number of benzene rings is 3. The van der Waals surface area contributed by atoms with E-state index in [4.69, 9.17) is 0 Å². The third kappa shape index (κ3) is 1.69. The van der Waals surface area contributed by atoms with Crippen LogP contribution < -0.4 is 0 Å². The van der Waals surface area contributed by atoms with Crippen LogP contribution in [0.1, 0.15) is 16.7 Å². The van der Waals surface area contributed by atoms with E-state index in [2.05, 4.69) is 86.5 Å². The molecule has 0 amide bonds. The van der Waals surface area contributed by atoms with Crippen molar-refractivity contribution < 1.29 is 0 Å². The third-order valence-corrected chi connectivity index (χ3v) is 6.16. The van der Waals surface area contributed by atoms with Gasteiger partial charge in [-0.05, 0) is 61.7 Å². The summed E-state index contributed by atoms with van der Waals surface area (Å²) in [7, 11) is 4.35. The Balaban J connectivity index is 2.09. The SMILES string of the molecule is Cc1cc2c(c(C)c1C)c1cc3c4ccccc4n(C)c3cc1n2C. The van der Waals surface area contributed by atoms with E-state index in [1.165, 1.54) is 60.3 Å². The molecule has 0 aliphatic carbocycles. The molecule has 0 spiro atoms. The lowest BCUT2D eigenvalue weighted by molar-refractivity contribution is 1.00. The molecule has 2 nitrogen and oxygen atoms in total. The Morgan fingerprint density at radius 2 is 1.28 bits per heavy atom. The summed E-state index contributed by atoms with van der Waals surface area (Å²) in [5.74, 6) is 0. The van der Waals surface area contributed by atoms with Gasteiger partial charge in [-0.3, -0.25) is 0 Å². The molecule has 0 aliphatic rings. The minimum atomic E-state index is 1.29. The number of para-hydroxylation sites is 1. The minimum Gasteiger partial charge on any atom is -0.344 e. The van der Waals surface area contributed by atoms with E-state index in [1.54, 1.807) is 0 Å². The molecule has 25 heavy (non-hydrogen) atoms. The predicted molar refractivity (Wildman–Crippen MR) is 109 cm³/mol. The number of rotatable bonds is 0. The molecule has 2 aromatic heterocycles. The molecule has 0 unspecified atom stereocenters. The molecule has 0 N–H and O–H groups in total. The zero-order valence-electron chi connectivity index (χ0n) is 15.4. The largest absolute Gasteiger partial charge is 0.344 e. The number of hydrogen-bond acceptors (Lipinski definition) is 0. The van der Waals surface area contributed by atoms with E-state index in [1.807, 2.05) is 0 Å². The average Bonchev–Trinajstić information content (AvgIpc) is 3.05. The number of aromatic nitrogens is 2. The fourth-order valence-electron chi connectivity index (χ4n) is 4.47. The van der Waals surface area contributed by atoms with Gasteiger partial charge in [-0.15, -0.1) is 0 Å². The summed E-state index contributed by atoms with van der Waals surface area (Å²) in [6, 6.07) is 15.8. The Labute approximate surface area is 147 Å². The van der Waals surface area contributed by atoms with Gasteiger partial charge in [-0.2, -0.15) is 0 Å². The molecule has 2 heteroatoms. The zero-order valence-corrected chi connectivity index (χ0v) is 15.4. The second-order valence-electron chi connectivity index (χ2n) is 7.36. The van der Waals surface area contributed by atoms with Crippen molar-refractivity contribution in [3.63, 3.8) is 0 Å². The summed E-state index contributed by atoms with van der Waals surface area (Å²) in [5, 5.41) is 5.44. The molecule has 0 radical (unpaired) electrons. The van der Waals surface area contributed by atoms with E-state index in [0.29, 0.717) is 0 Å². The monoisotopic (exact) mass is 326 g/mol. The van der Waals surface area contributed by atoms with Crippen LogP contribution in [-0.4, -0.2) is 9.13 Å². The fraction of sp³-hybridized carbons (Fsp3) is 0.217. The average molecular weight is 326 g/mol. The second-order valence-corrected chi connectivity index (χ2v) is 7.36. The molecule has 0 aliphatic heterocycles. The van der Waals surface area contributed by atoms with Gasteiger partial charge in [0.05, 0.1) is 11.0 Å². The molecule has 5 rings (SSSR count). The van der Waals surface area contributed by atoms with Gasteiger partial charge >= 0.3 is 0 Å². The summed E-state index contributed by atoms with van der Waals surface area (Å²) < 4.78 is 4.66. The van der Waals surface area contributed by atoms with E-state index in [0.717, 1.165) is 0 Å². The van der Waals surface area contributed by atoms with Gasteiger partial charge in [-0.1, -0.05) is 18.2 Å². The van der Waals surface area contributed by atoms with Crippen molar-refractivity contribution in [3.8, 4) is 0 Å². The Morgan fingerprint density at radius 1 is 0.600 bits per heavy atom. The first-order valence-electron chi connectivity index (χ1n) is 8.85. The summed E-state index contributed by atoms with van der Waals surface area (Å²) in [6.45, 7) is 6.71. The van der Waals surface area contributed by atoms with Crippen LogP contribution in [0.25, 0.3) is 43.6 Å². The van der Waals surface area contributed by atoms with Crippen LogP contribution in [0.3, 0.4) is 0 Å².